The Morgan fingerprint density at radius 1 is 1.15 bits per heavy atom. The van der Waals surface area contributed by atoms with Crippen LogP contribution < -0.4 is 5.73 Å². The summed E-state index contributed by atoms with van der Waals surface area (Å²) in [5.41, 5.74) is 7.04. The van der Waals surface area contributed by atoms with E-state index in [1.54, 1.807) is 23.1 Å². The Hall–Kier alpha value is -2.16. The highest BCUT2D eigenvalue weighted by molar-refractivity contribution is 7.89. The van der Waals surface area contributed by atoms with Gasteiger partial charge >= 0.3 is 0 Å². The maximum Gasteiger partial charge on any atom is 0.257 e. The van der Waals surface area contributed by atoms with Crippen molar-refractivity contribution in [3.8, 4) is 0 Å². The monoisotopic (exact) mass is 391 g/mol. The molecule has 27 heavy (non-hydrogen) atoms. The highest BCUT2D eigenvalue weighted by Gasteiger charge is 2.30. The van der Waals surface area contributed by atoms with Gasteiger partial charge in [-0.3, -0.25) is 4.79 Å². The first-order valence-electron chi connectivity index (χ1n) is 9.00. The second kappa shape index (κ2) is 7.84. The Morgan fingerprint density at radius 2 is 1.78 bits per heavy atom. The lowest BCUT2D eigenvalue weighted by atomic mass is 10.0. The number of sulfonamides is 1. The number of benzene rings is 1. The number of hydrogen-bond donors (Lipinski definition) is 1. The van der Waals surface area contributed by atoms with Crippen molar-refractivity contribution in [1.29, 1.82) is 0 Å². The van der Waals surface area contributed by atoms with E-state index in [9.17, 15) is 13.2 Å². The molecule has 0 atom stereocenters. The lowest BCUT2D eigenvalue weighted by molar-refractivity contribution is 0.0697. The summed E-state index contributed by atoms with van der Waals surface area (Å²) in [6.07, 6.45) is 1.39. The zero-order chi connectivity index (χ0) is 19.6. The molecule has 0 saturated carbocycles. The number of furan rings is 1. The van der Waals surface area contributed by atoms with E-state index in [1.165, 1.54) is 10.6 Å². The SMILES string of the molecule is CC(C)c1ccc(S(=O)(=O)N2CCN(C(=O)c3coc(CN)c3)CC2)cc1. The van der Waals surface area contributed by atoms with E-state index >= 15 is 0 Å². The van der Waals surface area contributed by atoms with Crippen molar-refractivity contribution in [3.63, 3.8) is 0 Å². The molecule has 8 heteroatoms. The van der Waals surface area contributed by atoms with Gasteiger partial charge in [-0.25, -0.2) is 8.42 Å². The molecule has 2 heterocycles. The third-order valence-corrected chi connectivity index (χ3v) is 6.73. The molecular formula is C19H25N3O4S. The van der Waals surface area contributed by atoms with Crippen molar-refractivity contribution in [1.82, 2.24) is 9.21 Å². The normalized spacial score (nSPS) is 16.1. The molecule has 0 radical (unpaired) electrons. The van der Waals surface area contributed by atoms with E-state index < -0.39 is 10.0 Å². The van der Waals surface area contributed by atoms with Crippen molar-refractivity contribution in [3.05, 3.63) is 53.5 Å². The Labute approximate surface area is 159 Å². The third-order valence-electron chi connectivity index (χ3n) is 4.81. The van der Waals surface area contributed by atoms with Crippen LogP contribution in [0.2, 0.25) is 0 Å². The average molecular weight is 391 g/mol. The van der Waals surface area contributed by atoms with Crippen molar-refractivity contribution in [2.45, 2.75) is 31.2 Å². The van der Waals surface area contributed by atoms with Gasteiger partial charge in [-0.05, 0) is 29.7 Å². The number of piperazine rings is 1. The fourth-order valence-corrected chi connectivity index (χ4v) is 4.51. The van der Waals surface area contributed by atoms with Gasteiger partial charge in [0.05, 0.1) is 17.0 Å². The van der Waals surface area contributed by atoms with Gasteiger partial charge in [0.15, 0.2) is 0 Å². The van der Waals surface area contributed by atoms with E-state index in [0.29, 0.717) is 30.3 Å². The smallest absolute Gasteiger partial charge is 0.257 e. The summed E-state index contributed by atoms with van der Waals surface area (Å²) in [4.78, 5) is 14.4. The zero-order valence-electron chi connectivity index (χ0n) is 15.6. The predicted octanol–water partition coefficient (Wildman–Crippen LogP) is 2.01. The largest absolute Gasteiger partial charge is 0.467 e. The molecule has 1 amide bonds. The van der Waals surface area contributed by atoms with E-state index in [0.717, 1.165) is 5.56 Å². The second-order valence-corrected chi connectivity index (χ2v) is 8.86. The minimum absolute atomic E-state index is 0.170. The zero-order valence-corrected chi connectivity index (χ0v) is 16.4. The Bertz CT molecular complexity index is 895. The summed E-state index contributed by atoms with van der Waals surface area (Å²) in [5.74, 6) is 0.722. The van der Waals surface area contributed by atoms with Gasteiger partial charge in [-0.1, -0.05) is 26.0 Å². The molecule has 0 spiro atoms. The summed E-state index contributed by atoms with van der Waals surface area (Å²) in [5, 5.41) is 0. The molecule has 1 saturated heterocycles. The number of rotatable bonds is 5. The lowest BCUT2D eigenvalue weighted by Gasteiger charge is -2.33. The molecule has 1 aromatic heterocycles. The van der Waals surface area contributed by atoms with Gasteiger partial charge in [0, 0.05) is 26.2 Å². The number of nitrogens with zero attached hydrogens (tertiary/aromatic N) is 2. The van der Waals surface area contributed by atoms with Crippen LogP contribution in [-0.4, -0.2) is 49.7 Å². The molecule has 1 fully saturated rings. The van der Waals surface area contributed by atoms with Crippen LogP contribution in [0.4, 0.5) is 0 Å². The number of carbonyl (C=O) groups excluding carboxylic acids is 1. The molecule has 1 aliphatic rings. The van der Waals surface area contributed by atoms with Crippen molar-refractivity contribution in [2.75, 3.05) is 26.2 Å². The van der Waals surface area contributed by atoms with E-state index in [-0.39, 0.29) is 30.4 Å². The quantitative estimate of drug-likeness (QED) is 0.841. The maximum atomic E-state index is 12.9. The van der Waals surface area contributed by atoms with E-state index in [2.05, 4.69) is 13.8 Å². The number of nitrogens with two attached hydrogens (primary N) is 1. The highest BCUT2D eigenvalue weighted by atomic mass is 32.2. The summed E-state index contributed by atoms with van der Waals surface area (Å²) < 4.78 is 32.3. The molecule has 0 bridgehead atoms. The maximum absolute atomic E-state index is 12.9. The van der Waals surface area contributed by atoms with Crippen LogP contribution in [0.25, 0.3) is 0 Å². The van der Waals surface area contributed by atoms with Gasteiger partial charge in [0.1, 0.15) is 12.0 Å². The van der Waals surface area contributed by atoms with Crippen LogP contribution in [-0.2, 0) is 16.6 Å². The van der Waals surface area contributed by atoms with Crippen LogP contribution in [0, 0.1) is 0 Å². The molecule has 0 aliphatic carbocycles. The van der Waals surface area contributed by atoms with Crippen molar-refractivity contribution < 1.29 is 17.6 Å². The molecular weight excluding hydrogens is 366 g/mol. The van der Waals surface area contributed by atoms with Crippen LogP contribution in [0.1, 0.15) is 41.4 Å². The first kappa shape index (κ1) is 19.6. The standard InChI is InChI=1S/C19H25N3O4S/c1-14(2)15-3-5-18(6-4-15)27(24,25)22-9-7-21(8-10-22)19(23)16-11-17(12-20)26-13-16/h3-6,11,13-14H,7-10,12,20H2,1-2H3. The summed E-state index contributed by atoms with van der Waals surface area (Å²) in [7, 11) is -3.56. The van der Waals surface area contributed by atoms with Gasteiger partial charge in [-0.15, -0.1) is 0 Å². The molecule has 2 aromatic rings. The first-order chi connectivity index (χ1) is 12.8. The van der Waals surface area contributed by atoms with Gasteiger partial charge in [0.2, 0.25) is 10.0 Å². The molecule has 146 valence electrons. The fraction of sp³-hybridized carbons (Fsp3) is 0.421. The number of amides is 1. The van der Waals surface area contributed by atoms with Crippen LogP contribution >= 0.6 is 0 Å². The van der Waals surface area contributed by atoms with Gasteiger partial charge in [0.25, 0.3) is 5.91 Å². The van der Waals surface area contributed by atoms with E-state index in [1.807, 2.05) is 12.1 Å². The Kier molecular flexibility index (Phi) is 5.69. The fourth-order valence-electron chi connectivity index (χ4n) is 3.09. The van der Waals surface area contributed by atoms with Crippen LogP contribution in [0.5, 0.6) is 0 Å². The molecule has 3 rings (SSSR count). The molecule has 0 unspecified atom stereocenters. The Morgan fingerprint density at radius 3 is 2.30 bits per heavy atom. The van der Waals surface area contributed by atoms with Crippen molar-refractivity contribution >= 4 is 15.9 Å². The molecule has 7 nitrogen and oxygen atoms in total. The van der Waals surface area contributed by atoms with Crippen LogP contribution in [0.15, 0.2) is 45.9 Å². The average Bonchev–Trinajstić information content (AvgIpc) is 3.17. The highest BCUT2D eigenvalue weighted by Crippen LogP contribution is 2.22. The number of hydrogen-bond acceptors (Lipinski definition) is 5. The lowest BCUT2D eigenvalue weighted by Crippen LogP contribution is -2.50. The third kappa shape index (κ3) is 4.07. The van der Waals surface area contributed by atoms with E-state index in [4.69, 9.17) is 10.2 Å². The predicted molar refractivity (Wildman–Crippen MR) is 102 cm³/mol. The summed E-state index contributed by atoms with van der Waals surface area (Å²) in [6, 6.07) is 8.64. The van der Waals surface area contributed by atoms with Crippen LogP contribution in [0.3, 0.4) is 0 Å². The first-order valence-corrected chi connectivity index (χ1v) is 10.4. The molecule has 1 aliphatic heterocycles. The van der Waals surface area contributed by atoms with Gasteiger partial charge in [-0.2, -0.15) is 4.31 Å². The minimum Gasteiger partial charge on any atom is -0.467 e. The summed E-state index contributed by atoms with van der Waals surface area (Å²) in [6.45, 7) is 5.57. The second-order valence-electron chi connectivity index (χ2n) is 6.93. The summed E-state index contributed by atoms with van der Waals surface area (Å²) >= 11 is 0. The minimum atomic E-state index is -3.56. The molecule has 1 aromatic carbocycles. The number of carbonyl (C=O) groups is 1. The molecule has 2 N–H and O–H groups in total. The van der Waals surface area contributed by atoms with Gasteiger partial charge < -0.3 is 15.1 Å². The Balaban J connectivity index is 1.66. The van der Waals surface area contributed by atoms with Crippen molar-refractivity contribution in [2.24, 2.45) is 5.73 Å². The topological polar surface area (TPSA) is 96.9 Å².